The Balaban J connectivity index is 2.06. The molecule has 5 nitrogen and oxygen atoms in total. The maximum atomic E-state index is 12.9. The fourth-order valence-corrected chi connectivity index (χ4v) is 3.60. The van der Waals surface area contributed by atoms with Crippen LogP contribution in [0.1, 0.15) is 48.6 Å². The highest BCUT2D eigenvalue weighted by Crippen LogP contribution is 2.30. The Kier molecular flexibility index (Phi) is 5.47. The van der Waals surface area contributed by atoms with Crippen LogP contribution in [0.4, 0.5) is 11.6 Å². The molecule has 3 rings (SSSR count). The second-order valence-electron chi connectivity index (χ2n) is 7.46. The summed E-state index contributed by atoms with van der Waals surface area (Å²) in [7, 11) is 0. The lowest BCUT2D eigenvalue weighted by Gasteiger charge is -2.39. The number of fused-ring (bicyclic) bond motifs is 1. The van der Waals surface area contributed by atoms with E-state index in [0.717, 1.165) is 42.5 Å². The Bertz CT molecular complexity index is 856. The number of hydrogen-bond acceptors (Lipinski definition) is 4. The highest BCUT2D eigenvalue weighted by atomic mass is 16.1. The minimum Gasteiger partial charge on any atom is -0.298 e. The lowest BCUT2D eigenvalue weighted by atomic mass is 10.1. The Morgan fingerprint density at radius 3 is 2.54 bits per heavy atom. The zero-order chi connectivity index (χ0) is 18.8. The number of unbranched alkanes of at least 4 members (excludes halogenated alkanes) is 2. The minimum atomic E-state index is 0.0717. The molecule has 0 N–H and O–H groups in total. The van der Waals surface area contributed by atoms with E-state index in [-0.39, 0.29) is 5.56 Å². The van der Waals surface area contributed by atoms with Gasteiger partial charge >= 0.3 is 0 Å². The Labute approximate surface area is 156 Å². The van der Waals surface area contributed by atoms with Crippen LogP contribution in [0.5, 0.6) is 0 Å². The van der Waals surface area contributed by atoms with Crippen LogP contribution in [0.15, 0.2) is 23.0 Å². The van der Waals surface area contributed by atoms with Crippen molar-refractivity contribution in [1.29, 1.82) is 0 Å². The van der Waals surface area contributed by atoms with Gasteiger partial charge < -0.3 is 0 Å². The summed E-state index contributed by atoms with van der Waals surface area (Å²) in [6.45, 7) is 12.6. The van der Waals surface area contributed by atoms with Gasteiger partial charge in [0.1, 0.15) is 0 Å². The summed E-state index contributed by atoms with van der Waals surface area (Å²) in [4.78, 5) is 22.2. The van der Waals surface area contributed by atoms with E-state index in [1.54, 1.807) is 0 Å². The lowest BCUT2D eigenvalue weighted by Crippen LogP contribution is -2.48. The molecule has 140 valence electrons. The number of anilines is 2. The summed E-state index contributed by atoms with van der Waals surface area (Å²) in [6.07, 6.45) is 3.57. The minimum absolute atomic E-state index is 0.0717. The Morgan fingerprint density at radius 2 is 1.85 bits per heavy atom. The first kappa shape index (κ1) is 18.6. The van der Waals surface area contributed by atoms with E-state index in [2.05, 4.69) is 48.8 Å². The van der Waals surface area contributed by atoms with Gasteiger partial charge in [-0.2, -0.15) is 0 Å². The van der Waals surface area contributed by atoms with E-state index in [0.29, 0.717) is 6.67 Å². The van der Waals surface area contributed by atoms with E-state index < -0.39 is 0 Å². The number of benzene rings is 1. The summed E-state index contributed by atoms with van der Waals surface area (Å²) in [6, 6.07) is 6.46. The summed E-state index contributed by atoms with van der Waals surface area (Å²) in [5.74, 6) is 0.761. The molecule has 0 radical (unpaired) electrons. The van der Waals surface area contributed by atoms with E-state index in [4.69, 9.17) is 4.98 Å². The molecule has 0 amide bonds. The normalized spacial score (nSPS) is 14.6. The third-order valence-corrected chi connectivity index (χ3v) is 5.26. The van der Waals surface area contributed by atoms with E-state index in [1.807, 2.05) is 18.4 Å². The average molecular weight is 354 g/mol. The topological polar surface area (TPSA) is 41.4 Å². The molecule has 0 spiro atoms. The van der Waals surface area contributed by atoms with Crippen molar-refractivity contribution in [2.45, 2.75) is 60.5 Å². The molecule has 1 aromatic carbocycles. The summed E-state index contributed by atoms with van der Waals surface area (Å²) in [5.41, 5.74) is 5.20. The van der Waals surface area contributed by atoms with Crippen molar-refractivity contribution in [3.63, 3.8) is 0 Å². The van der Waals surface area contributed by atoms with Gasteiger partial charge in [0.15, 0.2) is 0 Å². The Morgan fingerprint density at radius 1 is 1.08 bits per heavy atom. The van der Waals surface area contributed by atoms with Gasteiger partial charge in [-0.1, -0.05) is 37.5 Å². The van der Waals surface area contributed by atoms with Gasteiger partial charge in [-0.3, -0.25) is 19.2 Å². The van der Waals surface area contributed by atoms with Crippen molar-refractivity contribution in [2.24, 2.45) is 0 Å². The highest BCUT2D eigenvalue weighted by molar-refractivity contribution is 5.63. The zero-order valence-electron chi connectivity index (χ0n) is 16.7. The van der Waals surface area contributed by atoms with Crippen LogP contribution in [0.3, 0.4) is 0 Å². The molecule has 0 saturated heterocycles. The molecular weight excluding hydrogens is 324 g/mol. The van der Waals surface area contributed by atoms with E-state index >= 15 is 0 Å². The third-order valence-electron chi connectivity index (χ3n) is 5.26. The van der Waals surface area contributed by atoms with Gasteiger partial charge in [-0.05, 0) is 45.7 Å². The maximum Gasteiger partial charge on any atom is 0.259 e. The second-order valence-corrected chi connectivity index (χ2v) is 7.46. The van der Waals surface area contributed by atoms with Crippen molar-refractivity contribution >= 4 is 11.6 Å². The first-order valence-corrected chi connectivity index (χ1v) is 9.57. The first-order valence-electron chi connectivity index (χ1n) is 9.57. The highest BCUT2D eigenvalue weighted by Gasteiger charge is 2.27. The number of aromatic nitrogens is 2. The average Bonchev–Trinajstić information content (AvgIpc) is 2.60. The van der Waals surface area contributed by atoms with Crippen molar-refractivity contribution in [1.82, 2.24) is 14.5 Å². The quantitative estimate of drug-likeness (QED) is 0.760. The van der Waals surface area contributed by atoms with Gasteiger partial charge in [0.2, 0.25) is 5.95 Å². The largest absolute Gasteiger partial charge is 0.298 e. The van der Waals surface area contributed by atoms with Crippen LogP contribution in [0, 0.1) is 27.7 Å². The smallest absolute Gasteiger partial charge is 0.259 e. The molecule has 0 aliphatic carbocycles. The Hall–Kier alpha value is -2.14. The molecule has 1 aliphatic heterocycles. The van der Waals surface area contributed by atoms with Crippen LogP contribution >= 0.6 is 0 Å². The number of rotatable bonds is 5. The van der Waals surface area contributed by atoms with Gasteiger partial charge in [0, 0.05) is 23.5 Å². The molecule has 0 fully saturated rings. The molecule has 0 bridgehead atoms. The molecule has 0 atom stereocenters. The maximum absolute atomic E-state index is 12.9. The third kappa shape index (κ3) is 3.54. The van der Waals surface area contributed by atoms with Crippen molar-refractivity contribution < 1.29 is 0 Å². The van der Waals surface area contributed by atoms with Crippen molar-refractivity contribution in [2.75, 3.05) is 18.1 Å². The summed E-state index contributed by atoms with van der Waals surface area (Å²) >= 11 is 0. The van der Waals surface area contributed by atoms with E-state index in [1.165, 1.54) is 24.0 Å². The van der Waals surface area contributed by atoms with E-state index in [9.17, 15) is 4.79 Å². The summed E-state index contributed by atoms with van der Waals surface area (Å²) in [5, 5.41) is 0. The van der Waals surface area contributed by atoms with Crippen LogP contribution in [-0.4, -0.2) is 27.7 Å². The lowest BCUT2D eigenvalue weighted by molar-refractivity contribution is 0.194. The van der Waals surface area contributed by atoms with Crippen LogP contribution in [-0.2, 0) is 6.67 Å². The molecule has 2 aromatic rings. The summed E-state index contributed by atoms with van der Waals surface area (Å²) < 4.78 is 1.83. The van der Waals surface area contributed by atoms with Crippen LogP contribution in [0.2, 0.25) is 0 Å². The zero-order valence-corrected chi connectivity index (χ0v) is 16.7. The number of hydrogen-bond donors (Lipinski definition) is 0. The number of nitrogens with zero attached hydrogens (tertiary/aromatic N) is 4. The monoisotopic (exact) mass is 354 g/mol. The predicted molar refractivity (Wildman–Crippen MR) is 107 cm³/mol. The first-order chi connectivity index (χ1) is 12.4. The molecule has 1 aromatic heterocycles. The van der Waals surface area contributed by atoms with Gasteiger partial charge in [0.25, 0.3) is 5.56 Å². The van der Waals surface area contributed by atoms with Crippen LogP contribution < -0.4 is 10.5 Å². The fraction of sp³-hybridized carbons (Fsp3) is 0.524. The second kappa shape index (κ2) is 7.62. The number of aryl methyl sites for hydroxylation is 3. The SMILES string of the molecule is CCCCCN1CN(c2ccc(C)cc2C)c2nc(C)c(C)c(=O)n2C1. The molecule has 5 heteroatoms. The van der Waals surface area contributed by atoms with Gasteiger partial charge in [0.05, 0.1) is 13.3 Å². The molecular formula is C21H30N4O. The fourth-order valence-electron chi connectivity index (χ4n) is 3.60. The van der Waals surface area contributed by atoms with Crippen LogP contribution in [0.25, 0.3) is 0 Å². The van der Waals surface area contributed by atoms with Crippen molar-refractivity contribution in [3.05, 3.63) is 50.9 Å². The van der Waals surface area contributed by atoms with Gasteiger partial charge in [-0.15, -0.1) is 0 Å². The molecule has 2 heterocycles. The standard InChI is InChI=1S/C21H30N4O/c1-6-7-8-11-23-13-24(19-10-9-15(2)12-16(19)3)21-22-18(5)17(4)20(26)25(21)14-23/h9-10,12H,6-8,11,13-14H2,1-5H3. The van der Waals surface area contributed by atoms with Gasteiger partial charge in [-0.25, -0.2) is 4.98 Å². The van der Waals surface area contributed by atoms with Crippen molar-refractivity contribution in [3.8, 4) is 0 Å². The molecule has 1 aliphatic rings. The molecule has 0 unspecified atom stereocenters. The molecule has 0 saturated carbocycles. The predicted octanol–water partition coefficient (Wildman–Crippen LogP) is 4.04. The molecule has 26 heavy (non-hydrogen) atoms.